The summed E-state index contributed by atoms with van der Waals surface area (Å²) in [4.78, 5) is 5.45. The van der Waals surface area contributed by atoms with Gasteiger partial charge in [0.25, 0.3) is 0 Å². The van der Waals surface area contributed by atoms with Crippen LogP contribution in [0.2, 0.25) is 5.02 Å². The van der Waals surface area contributed by atoms with Gasteiger partial charge < -0.3 is 5.73 Å². The number of anilines is 1. The van der Waals surface area contributed by atoms with Gasteiger partial charge in [-0.2, -0.15) is 0 Å². The van der Waals surface area contributed by atoms with Gasteiger partial charge in [-0.15, -0.1) is 11.3 Å². The van der Waals surface area contributed by atoms with Crippen molar-refractivity contribution in [3.63, 3.8) is 0 Å². The van der Waals surface area contributed by atoms with Crippen molar-refractivity contribution >= 4 is 37.9 Å². The van der Waals surface area contributed by atoms with Crippen LogP contribution in [-0.4, -0.2) is 19.7 Å². The molecule has 0 amide bonds. The molecule has 0 unspecified atom stereocenters. The van der Waals surface area contributed by atoms with Crippen LogP contribution in [-0.2, 0) is 16.3 Å². The lowest BCUT2D eigenvalue weighted by Crippen LogP contribution is -2.03. The number of thiazole rings is 1. The number of nitrogens with zero attached hydrogens (tertiary/aromatic N) is 1. The Labute approximate surface area is 113 Å². The van der Waals surface area contributed by atoms with E-state index in [1.807, 2.05) is 0 Å². The first-order chi connectivity index (χ1) is 8.38. The number of nitrogens with two attached hydrogens (primary N) is 1. The predicted molar refractivity (Wildman–Crippen MR) is 72.9 cm³/mol. The summed E-state index contributed by atoms with van der Waals surface area (Å²) < 4.78 is 23.7. The molecule has 7 heteroatoms. The third-order valence-electron chi connectivity index (χ3n) is 2.89. The smallest absolute Gasteiger partial charge is 0.180 e. The third kappa shape index (κ3) is 1.64. The quantitative estimate of drug-likeness (QED) is 0.749. The van der Waals surface area contributed by atoms with Crippen LogP contribution in [0.3, 0.4) is 0 Å². The second-order valence-corrected chi connectivity index (χ2v) is 7.65. The van der Waals surface area contributed by atoms with Gasteiger partial charge in [-0.25, -0.2) is 13.4 Å². The summed E-state index contributed by atoms with van der Waals surface area (Å²) in [6.07, 6.45) is 1.70. The lowest BCUT2D eigenvalue weighted by molar-refractivity contribution is 0.601. The minimum absolute atomic E-state index is 0.213. The standard InChI is InChI=1S/C11H9ClN2O2S2/c1-18(15,16)10-6-4-8-9(14-11(13)17-8)5(6)2-3-7(10)12/h2-3H,4H2,1H3,(H2,13,14). The van der Waals surface area contributed by atoms with Crippen molar-refractivity contribution in [2.24, 2.45) is 0 Å². The summed E-state index contributed by atoms with van der Waals surface area (Å²) >= 11 is 7.40. The first-order valence-electron chi connectivity index (χ1n) is 5.15. The molecule has 2 aromatic rings. The fourth-order valence-electron chi connectivity index (χ4n) is 2.26. The van der Waals surface area contributed by atoms with Crippen LogP contribution < -0.4 is 5.73 Å². The van der Waals surface area contributed by atoms with Gasteiger partial charge in [0.05, 0.1) is 15.6 Å². The van der Waals surface area contributed by atoms with Crippen LogP contribution in [0.25, 0.3) is 11.3 Å². The van der Waals surface area contributed by atoms with E-state index in [2.05, 4.69) is 4.98 Å². The van der Waals surface area contributed by atoms with Gasteiger partial charge in [-0.1, -0.05) is 17.7 Å². The molecular weight excluding hydrogens is 292 g/mol. The summed E-state index contributed by atoms with van der Waals surface area (Å²) in [5, 5.41) is 0.765. The fraction of sp³-hybridized carbons (Fsp3) is 0.182. The van der Waals surface area contributed by atoms with Gasteiger partial charge >= 0.3 is 0 Å². The molecule has 18 heavy (non-hydrogen) atoms. The average Bonchev–Trinajstić information content (AvgIpc) is 2.70. The lowest BCUT2D eigenvalue weighted by atomic mass is 10.1. The first-order valence-corrected chi connectivity index (χ1v) is 8.23. The number of aromatic nitrogens is 1. The summed E-state index contributed by atoms with van der Waals surface area (Å²) in [5.74, 6) is 0. The van der Waals surface area contributed by atoms with Crippen molar-refractivity contribution in [3.05, 3.63) is 27.6 Å². The van der Waals surface area contributed by atoms with Crippen molar-refractivity contribution in [1.29, 1.82) is 0 Å². The van der Waals surface area contributed by atoms with Crippen LogP contribution in [0, 0.1) is 0 Å². The van der Waals surface area contributed by atoms with Gasteiger partial charge in [0.1, 0.15) is 0 Å². The molecule has 0 saturated carbocycles. The highest BCUT2D eigenvalue weighted by Gasteiger charge is 2.29. The van der Waals surface area contributed by atoms with Crippen molar-refractivity contribution in [2.45, 2.75) is 11.3 Å². The third-order valence-corrected chi connectivity index (χ3v) is 5.41. The summed E-state index contributed by atoms with van der Waals surface area (Å²) in [7, 11) is -3.35. The van der Waals surface area contributed by atoms with Gasteiger partial charge in [-0.05, 0) is 11.6 Å². The Morgan fingerprint density at radius 3 is 2.83 bits per heavy atom. The minimum atomic E-state index is -3.35. The van der Waals surface area contributed by atoms with E-state index in [-0.39, 0.29) is 9.92 Å². The molecule has 4 nitrogen and oxygen atoms in total. The second kappa shape index (κ2) is 3.69. The number of halogens is 1. The number of rotatable bonds is 1. The fourth-order valence-corrected chi connectivity index (χ4v) is 4.77. The van der Waals surface area contributed by atoms with E-state index >= 15 is 0 Å². The number of hydrogen-bond donors (Lipinski definition) is 1. The molecule has 1 aromatic heterocycles. The normalized spacial score (nSPS) is 13.4. The van der Waals surface area contributed by atoms with Crippen LogP contribution in [0.1, 0.15) is 10.4 Å². The molecule has 0 spiro atoms. The second-order valence-electron chi connectivity index (χ2n) is 4.18. The Morgan fingerprint density at radius 2 is 2.17 bits per heavy atom. The molecule has 0 atom stereocenters. The van der Waals surface area contributed by atoms with Crippen molar-refractivity contribution < 1.29 is 8.42 Å². The zero-order chi connectivity index (χ0) is 13.1. The highest BCUT2D eigenvalue weighted by Crippen LogP contribution is 2.44. The lowest BCUT2D eigenvalue weighted by Gasteiger charge is -2.08. The monoisotopic (exact) mass is 300 g/mol. The molecule has 0 radical (unpaired) electrons. The Kier molecular flexibility index (Phi) is 2.45. The van der Waals surface area contributed by atoms with E-state index in [1.54, 1.807) is 12.1 Å². The molecule has 3 rings (SSSR count). The topological polar surface area (TPSA) is 73.0 Å². The van der Waals surface area contributed by atoms with Crippen molar-refractivity contribution in [3.8, 4) is 11.3 Å². The summed E-state index contributed by atoms with van der Waals surface area (Å²) in [5.41, 5.74) is 8.01. The molecule has 2 N–H and O–H groups in total. The Bertz CT molecular complexity index is 766. The van der Waals surface area contributed by atoms with E-state index < -0.39 is 9.84 Å². The van der Waals surface area contributed by atoms with E-state index in [0.29, 0.717) is 11.6 Å². The van der Waals surface area contributed by atoms with E-state index in [4.69, 9.17) is 17.3 Å². The molecule has 0 aliphatic heterocycles. The number of sulfone groups is 1. The average molecular weight is 301 g/mol. The van der Waals surface area contributed by atoms with Crippen LogP contribution in [0.5, 0.6) is 0 Å². The largest absolute Gasteiger partial charge is 0.375 e. The highest BCUT2D eigenvalue weighted by atomic mass is 35.5. The maximum Gasteiger partial charge on any atom is 0.180 e. The van der Waals surface area contributed by atoms with Gasteiger partial charge in [-0.3, -0.25) is 0 Å². The molecule has 0 fully saturated rings. The minimum Gasteiger partial charge on any atom is -0.375 e. The van der Waals surface area contributed by atoms with E-state index in [1.165, 1.54) is 17.6 Å². The zero-order valence-electron chi connectivity index (χ0n) is 9.40. The molecular formula is C11H9ClN2O2S2. The summed E-state index contributed by atoms with van der Waals surface area (Å²) in [6.45, 7) is 0. The van der Waals surface area contributed by atoms with Crippen LogP contribution >= 0.6 is 22.9 Å². The number of fused-ring (bicyclic) bond motifs is 3. The number of hydrogen-bond acceptors (Lipinski definition) is 5. The Morgan fingerprint density at radius 1 is 1.44 bits per heavy atom. The van der Waals surface area contributed by atoms with E-state index in [0.717, 1.165) is 21.7 Å². The predicted octanol–water partition coefficient (Wildman–Crippen LogP) is 2.35. The van der Waals surface area contributed by atoms with Crippen molar-refractivity contribution in [2.75, 3.05) is 12.0 Å². The summed E-state index contributed by atoms with van der Waals surface area (Å²) in [6, 6.07) is 3.40. The van der Waals surface area contributed by atoms with Gasteiger partial charge in [0, 0.05) is 23.1 Å². The molecule has 0 bridgehead atoms. The van der Waals surface area contributed by atoms with Crippen LogP contribution in [0.4, 0.5) is 5.13 Å². The van der Waals surface area contributed by atoms with Gasteiger partial charge in [0.2, 0.25) is 0 Å². The SMILES string of the molecule is CS(=O)(=O)c1c(Cl)ccc2c1Cc1sc(N)nc1-2. The number of nitrogen functional groups attached to an aromatic ring is 1. The molecule has 94 valence electrons. The molecule has 1 aromatic carbocycles. The zero-order valence-corrected chi connectivity index (χ0v) is 11.8. The first kappa shape index (κ1) is 12.0. The van der Waals surface area contributed by atoms with Gasteiger partial charge in [0.15, 0.2) is 15.0 Å². The Hall–Kier alpha value is -1.11. The maximum atomic E-state index is 11.8. The molecule has 1 heterocycles. The van der Waals surface area contributed by atoms with Crippen molar-refractivity contribution in [1.82, 2.24) is 4.98 Å². The molecule has 1 aliphatic rings. The van der Waals surface area contributed by atoms with E-state index in [9.17, 15) is 8.42 Å². The van der Waals surface area contributed by atoms with Crippen LogP contribution in [0.15, 0.2) is 17.0 Å². The molecule has 1 aliphatic carbocycles. The molecule has 0 saturated heterocycles. The maximum absolute atomic E-state index is 11.8. The Balaban J connectivity index is 2.34. The number of benzene rings is 1. The highest BCUT2D eigenvalue weighted by molar-refractivity contribution is 7.90.